The lowest BCUT2D eigenvalue weighted by Gasteiger charge is -2.09. The molecule has 90 valence electrons. The van der Waals surface area contributed by atoms with Crippen LogP contribution in [0.15, 0.2) is 4.79 Å². The Morgan fingerprint density at radius 2 is 2.18 bits per heavy atom. The Morgan fingerprint density at radius 1 is 1.35 bits per heavy atom. The number of aromatic nitrogens is 3. The SMILES string of the molecule is CCCn1nnc2sc3c(c2c1=O)CCCC3. The van der Waals surface area contributed by atoms with Crippen LogP contribution >= 0.6 is 11.3 Å². The Hall–Kier alpha value is -1.23. The van der Waals surface area contributed by atoms with Gasteiger partial charge in [-0.05, 0) is 37.7 Å². The molecule has 2 aromatic rings. The molecule has 0 spiro atoms. The minimum atomic E-state index is 0.0521. The van der Waals surface area contributed by atoms with Crippen molar-refractivity contribution < 1.29 is 0 Å². The molecule has 2 heterocycles. The first-order chi connectivity index (χ1) is 8.31. The summed E-state index contributed by atoms with van der Waals surface area (Å²) in [7, 11) is 0. The van der Waals surface area contributed by atoms with Crippen LogP contribution in [0.5, 0.6) is 0 Å². The average Bonchev–Trinajstić information content (AvgIpc) is 2.72. The third-order valence-corrected chi connectivity index (χ3v) is 4.46. The lowest BCUT2D eigenvalue weighted by Crippen LogP contribution is -2.24. The molecule has 4 nitrogen and oxygen atoms in total. The standard InChI is InChI=1S/C12H15N3OS/c1-2-7-15-12(16)10-8-5-3-4-6-9(8)17-11(10)13-14-15/h2-7H2,1H3. The molecule has 0 aromatic carbocycles. The van der Waals surface area contributed by atoms with E-state index in [-0.39, 0.29) is 5.56 Å². The van der Waals surface area contributed by atoms with Crippen LogP contribution in [0, 0.1) is 0 Å². The average molecular weight is 249 g/mol. The maximum absolute atomic E-state index is 12.3. The van der Waals surface area contributed by atoms with E-state index >= 15 is 0 Å². The van der Waals surface area contributed by atoms with Gasteiger partial charge in [-0.3, -0.25) is 4.79 Å². The number of hydrogen-bond donors (Lipinski definition) is 0. The molecule has 1 aliphatic carbocycles. The maximum Gasteiger partial charge on any atom is 0.278 e. The van der Waals surface area contributed by atoms with Crippen molar-refractivity contribution in [2.45, 2.75) is 45.6 Å². The van der Waals surface area contributed by atoms with Gasteiger partial charge in [-0.25, -0.2) is 4.68 Å². The van der Waals surface area contributed by atoms with Gasteiger partial charge in [-0.2, -0.15) is 0 Å². The second kappa shape index (κ2) is 4.22. The van der Waals surface area contributed by atoms with E-state index in [0.717, 1.165) is 29.5 Å². The third kappa shape index (κ3) is 1.69. The number of nitrogens with zero attached hydrogens (tertiary/aromatic N) is 3. The summed E-state index contributed by atoms with van der Waals surface area (Å²) < 4.78 is 1.50. The number of hydrogen-bond acceptors (Lipinski definition) is 4. The number of rotatable bonds is 2. The van der Waals surface area contributed by atoms with Crippen molar-refractivity contribution in [2.75, 3.05) is 0 Å². The molecule has 0 saturated carbocycles. The van der Waals surface area contributed by atoms with Crippen LogP contribution in [0.1, 0.15) is 36.6 Å². The first-order valence-electron chi connectivity index (χ1n) is 6.19. The molecular weight excluding hydrogens is 234 g/mol. The van der Waals surface area contributed by atoms with Gasteiger partial charge in [0.25, 0.3) is 5.56 Å². The van der Waals surface area contributed by atoms with Crippen LogP contribution in [0.25, 0.3) is 10.2 Å². The van der Waals surface area contributed by atoms with E-state index in [2.05, 4.69) is 10.3 Å². The van der Waals surface area contributed by atoms with E-state index in [1.165, 1.54) is 28.0 Å². The largest absolute Gasteiger partial charge is 0.278 e. The van der Waals surface area contributed by atoms with Gasteiger partial charge >= 0.3 is 0 Å². The molecule has 0 unspecified atom stereocenters. The van der Waals surface area contributed by atoms with Crippen LogP contribution in [-0.4, -0.2) is 15.0 Å². The molecule has 0 bridgehead atoms. The van der Waals surface area contributed by atoms with Gasteiger partial charge in [0, 0.05) is 11.4 Å². The summed E-state index contributed by atoms with van der Waals surface area (Å²) in [5.41, 5.74) is 1.30. The quantitative estimate of drug-likeness (QED) is 0.819. The molecule has 0 saturated heterocycles. The molecule has 0 radical (unpaired) electrons. The first-order valence-corrected chi connectivity index (χ1v) is 7.01. The molecule has 0 atom stereocenters. The van der Waals surface area contributed by atoms with Crippen molar-refractivity contribution in [3.05, 3.63) is 20.8 Å². The molecule has 0 aliphatic heterocycles. The van der Waals surface area contributed by atoms with Gasteiger partial charge < -0.3 is 0 Å². The highest BCUT2D eigenvalue weighted by molar-refractivity contribution is 7.18. The van der Waals surface area contributed by atoms with Crippen molar-refractivity contribution >= 4 is 21.6 Å². The fourth-order valence-electron chi connectivity index (χ4n) is 2.46. The summed E-state index contributed by atoms with van der Waals surface area (Å²) in [6, 6.07) is 0. The van der Waals surface area contributed by atoms with Crippen molar-refractivity contribution in [3.63, 3.8) is 0 Å². The monoisotopic (exact) mass is 249 g/mol. The number of fused-ring (bicyclic) bond motifs is 3. The second-order valence-electron chi connectivity index (χ2n) is 4.51. The molecule has 1 aliphatic rings. The lowest BCUT2D eigenvalue weighted by atomic mass is 9.97. The zero-order valence-corrected chi connectivity index (χ0v) is 10.7. The normalized spacial score (nSPS) is 15.1. The third-order valence-electron chi connectivity index (χ3n) is 3.28. The van der Waals surface area contributed by atoms with Crippen LogP contribution in [0.4, 0.5) is 0 Å². The lowest BCUT2D eigenvalue weighted by molar-refractivity contribution is 0.541. The Balaban J connectivity index is 2.27. The van der Waals surface area contributed by atoms with E-state index < -0.39 is 0 Å². The second-order valence-corrected chi connectivity index (χ2v) is 5.59. The van der Waals surface area contributed by atoms with Crippen LogP contribution in [0.3, 0.4) is 0 Å². The summed E-state index contributed by atoms with van der Waals surface area (Å²) >= 11 is 1.65. The van der Waals surface area contributed by atoms with Crippen LogP contribution in [-0.2, 0) is 19.4 Å². The zero-order valence-electron chi connectivity index (χ0n) is 9.90. The highest BCUT2D eigenvalue weighted by Crippen LogP contribution is 2.32. The molecular formula is C12H15N3OS. The molecule has 2 aromatic heterocycles. The van der Waals surface area contributed by atoms with Gasteiger partial charge in [-0.15, -0.1) is 16.4 Å². The van der Waals surface area contributed by atoms with Crippen molar-refractivity contribution in [1.29, 1.82) is 0 Å². The Bertz CT molecular complexity index is 614. The number of aryl methyl sites for hydroxylation is 3. The van der Waals surface area contributed by atoms with E-state index in [9.17, 15) is 4.79 Å². The summed E-state index contributed by atoms with van der Waals surface area (Å²) in [5.74, 6) is 0. The van der Waals surface area contributed by atoms with Gasteiger partial charge in [0.05, 0.1) is 5.39 Å². The Morgan fingerprint density at radius 3 is 3.00 bits per heavy atom. The molecule has 0 fully saturated rings. The number of thiophene rings is 1. The fraction of sp³-hybridized carbons (Fsp3) is 0.583. The van der Waals surface area contributed by atoms with Gasteiger partial charge in [-0.1, -0.05) is 12.1 Å². The molecule has 0 amide bonds. The highest BCUT2D eigenvalue weighted by Gasteiger charge is 2.20. The van der Waals surface area contributed by atoms with E-state index in [1.54, 1.807) is 11.3 Å². The van der Waals surface area contributed by atoms with E-state index in [0.29, 0.717) is 6.54 Å². The molecule has 17 heavy (non-hydrogen) atoms. The molecule has 5 heteroatoms. The summed E-state index contributed by atoms with van der Waals surface area (Å²) in [4.78, 5) is 14.5. The summed E-state index contributed by atoms with van der Waals surface area (Å²) in [6.07, 6.45) is 5.46. The maximum atomic E-state index is 12.3. The predicted molar refractivity (Wildman–Crippen MR) is 68.6 cm³/mol. The van der Waals surface area contributed by atoms with Gasteiger partial charge in [0.2, 0.25) is 0 Å². The minimum Gasteiger partial charge on any atom is -0.267 e. The summed E-state index contributed by atoms with van der Waals surface area (Å²) in [6.45, 7) is 2.70. The van der Waals surface area contributed by atoms with Crippen LogP contribution < -0.4 is 5.56 Å². The predicted octanol–water partition coefficient (Wildman–Crippen LogP) is 2.14. The summed E-state index contributed by atoms with van der Waals surface area (Å²) in [5, 5.41) is 9.04. The van der Waals surface area contributed by atoms with Gasteiger partial charge in [0.15, 0.2) is 4.83 Å². The van der Waals surface area contributed by atoms with Crippen LogP contribution in [0.2, 0.25) is 0 Å². The molecule has 3 rings (SSSR count). The van der Waals surface area contributed by atoms with Crippen molar-refractivity contribution in [3.8, 4) is 0 Å². The van der Waals surface area contributed by atoms with E-state index in [1.807, 2.05) is 6.92 Å². The van der Waals surface area contributed by atoms with Crippen molar-refractivity contribution in [2.24, 2.45) is 0 Å². The molecule has 0 N–H and O–H groups in total. The zero-order chi connectivity index (χ0) is 11.8. The topological polar surface area (TPSA) is 47.8 Å². The Kier molecular flexibility index (Phi) is 2.70. The smallest absolute Gasteiger partial charge is 0.267 e. The van der Waals surface area contributed by atoms with Gasteiger partial charge in [0.1, 0.15) is 0 Å². The fourth-order valence-corrected chi connectivity index (χ4v) is 3.66. The van der Waals surface area contributed by atoms with E-state index in [4.69, 9.17) is 0 Å². The van der Waals surface area contributed by atoms with Crippen molar-refractivity contribution in [1.82, 2.24) is 15.0 Å². The first kappa shape index (κ1) is 10.9. The minimum absolute atomic E-state index is 0.0521. The Labute approximate surface area is 103 Å². The highest BCUT2D eigenvalue weighted by atomic mass is 32.1.